The molecule has 0 aliphatic heterocycles. The summed E-state index contributed by atoms with van der Waals surface area (Å²) in [6, 6.07) is 1.82. The fourth-order valence-electron chi connectivity index (χ4n) is 2.12. The molecule has 1 heterocycles. The molecule has 0 atom stereocenters. The van der Waals surface area contributed by atoms with Gasteiger partial charge in [0, 0.05) is 16.7 Å². The van der Waals surface area contributed by atoms with Crippen LogP contribution < -0.4 is 5.32 Å². The Bertz CT molecular complexity index is 505. The zero-order chi connectivity index (χ0) is 15.5. The minimum absolute atomic E-state index is 0.115. The van der Waals surface area contributed by atoms with Crippen LogP contribution in [0.4, 0.5) is 0 Å². The summed E-state index contributed by atoms with van der Waals surface area (Å²) in [5.41, 5.74) is -0.755. The Labute approximate surface area is 127 Å². The van der Waals surface area contributed by atoms with Gasteiger partial charge < -0.3 is 15.0 Å². The third kappa shape index (κ3) is 3.23. The number of nitrogens with zero attached hydrogens (tertiary/aromatic N) is 1. The zero-order valence-corrected chi connectivity index (χ0v) is 13.8. The zero-order valence-electron chi connectivity index (χ0n) is 12.2. The Balaban J connectivity index is 3.10. The summed E-state index contributed by atoms with van der Waals surface area (Å²) in [6.07, 6.45) is 2.50. The second-order valence-corrected chi connectivity index (χ2v) is 6.01. The molecule has 1 amide bonds. The predicted octanol–water partition coefficient (Wildman–Crippen LogP) is 3.20. The minimum atomic E-state index is -1.21. The first-order chi connectivity index (χ1) is 9.27. The number of hydrogen-bond donors (Lipinski definition) is 2. The highest BCUT2D eigenvalue weighted by Crippen LogP contribution is 2.22. The number of carboxylic acids is 1. The molecular weight excluding hydrogens is 324 g/mol. The van der Waals surface area contributed by atoms with E-state index in [-0.39, 0.29) is 11.9 Å². The highest BCUT2D eigenvalue weighted by Gasteiger charge is 2.37. The molecule has 6 heteroatoms. The van der Waals surface area contributed by atoms with Gasteiger partial charge in [-0.05, 0) is 48.7 Å². The monoisotopic (exact) mass is 344 g/mol. The summed E-state index contributed by atoms with van der Waals surface area (Å²) in [6.45, 7) is 7.45. The molecule has 1 rings (SSSR count). The van der Waals surface area contributed by atoms with Gasteiger partial charge in [-0.3, -0.25) is 4.79 Å². The number of aliphatic carboxylic acids is 1. The number of hydrogen-bond acceptors (Lipinski definition) is 2. The van der Waals surface area contributed by atoms with Crippen molar-refractivity contribution in [1.29, 1.82) is 0 Å². The molecule has 1 aromatic rings. The highest BCUT2D eigenvalue weighted by molar-refractivity contribution is 9.10. The number of carbonyl (C=O) groups excluding carboxylic acids is 1. The Morgan fingerprint density at radius 2 is 1.95 bits per heavy atom. The van der Waals surface area contributed by atoms with E-state index in [1.165, 1.54) is 0 Å². The van der Waals surface area contributed by atoms with Gasteiger partial charge >= 0.3 is 5.97 Å². The number of halogens is 1. The molecule has 112 valence electrons. The normalized spacial score (nSPS) is 11.7. The average molecular weight is 345 g/mol. The molecular formula is C14H21BrN2O3. The van der Waals surface area contributed by atoms with Crippen LogP contribution in [-0.4, -0.2) is 27.1 Å². The molecule has 0 aliphatic carbocycles. The lowest BCUT2D eigenvalue weighted by atomic mass is 9.93. The van der Waals surface area contributed by atoms with Crippen molar-refractivity contribution in [2.45, 2.75) is 52.1 Å². The minimum Gasteiger partial charge on any atom is -0.480 e. The van der Waals surface area contributed by atoms with Crippen LogP contribution in [0.25, 0.3) is 0 Å². The Morgan fingerprint density at radius 3 is 2.35 bits per heavy atom. The number of carbonyl (C=O) groups is 2. The molecule has 0 radical (unpaired) electrons. The lowest BCUT2D eigenvalue weighted by Crippen LogP contribution is -2.54. The number of carboxylic acid groups (broad SMARTS) is 1. The Kier molecular flexibility index (Phi) is 5.39. The largest absolute Gasteiger partial charge is 0.480 e. The van der Waals surface area contributed by atoms with E-state index in [2.05, 4.69) is 21.2 Å². The third-order valence-corrected chi connectivity index (χ3v) is 4.01. The smallest absolute Gasteiger partial charge is 0.329 e. The standard InChI is InChI=1S/C14H21BrN2O3/c1-5-14(6-2,13(19)20)16-12(18)11-7-10(15)8-17(11)9(3)4/h7-9H,5-6H2,1-4H3,(H,16,18)(H,19,20). The molecule has 2 N–H and O–H groups in total. The van der Waals surface area contributed by atoms with E-state index >= 15 is 0 Å². The first-order valence-corrected chi connectivity index (χ1v) is 7.50. The molecule has 5 nitrogen and oxygen atoms in total. The quantitative estimate of drug-likeness (QED) is 0.832. The van der Waals surface area contributed by atoms with E-state index < -0.39 is 11.5 Å². The summed E-state index contributed by atoms with van der Waals surface area (Å²) in [5, 5.41) is 12.0. The molecule has 0 saturated carbocycles. The molecule has 0 fully saturated rings. The van der Waals surface area contributed by atoms with Crippen LogP contribution in [0, 0.1) is 0 Å². The van der Waals surface area contributed by atoms with Crippen molar-refractivity contribution in [3.63, 3.8) is 0 Å². The van der Waals surface area contributed by atoms with E-state index in [0.29, 0.717) is 18.5 Å². The van der Waals surface area contributed by atoms with Gasteiger partial charge in [0.05, 0.1) is 0 Å². The number of rotatable bonds is 6. The summed E-state index contributed by atoms with van der Waals surface area (Å²) in [4.78, 5) is 23.8. The molecule has 1 aromatic heterocycles. The van der Waals surface area contributed by atoms with Gasteiger partial charge in [-0.15, -0.1) is 0 Å². The summed E-state index contributed by atoms with van der Waals surface area (Å²) < 4.78 is 2.61. The Morgan fingerprint density at radius 1 is 1.40 bits per heavy atom. The highest BCUT2D eigenvalue weighted by atomic mass is 79.9. The fourth-order valence-corrected chi connectivity index (χ4v) is 2.56. The van der Waals surface area contributed by atoms with Crippen molar-refractivity contribution >= 4 is 27.8 Å². The molecule has 0 unspecified atom stereocenters. The number of nitrogens with one attached hydrogen (secondary N) is 1. The molecule has 0 aromatic carbocycles. The molecule has 20 heavy (non-hydrogen) atoms. The SMILES string of the molecule is CCC(CC)(NC(=O)c1cc(Br)cn1C(C)C)C(=O)O. The van der Waals surface area contributed by atoms with Crippen LogP contribution >= 0.6 is 15.9 Å². The maximum Gasteiger partial charge on any atom is 0.329 e. The number of amides is 1. The maximum absolute atomic E-state index is 12.4. The average Bonchev–Trinajstić information content (AvgIpc) is 2.78. The van der Waals surface area contributed by atoms with E-state index in [1.807, 2.05) is 24.6 Å². The topological polar surface area (TPSA) is 71.3 Å². The van der Waals surface area contributed by atoms with Crippen molar-refractivity contribution in [3.05, 3.63) is 22.4 Å². The summed E-state index contributed by atoms with van der Waals surface area (Å²) >= 11 is 3.35. The van der Waals surface area contributed by atoms with Gasteiger partial charge in [0.1, 0.15) is 11.2 Å². The third-order valence-electron chi connectivity index (χ3n) is 3.57. The van der Waals surface area contributed by atoms with E-state index in [1.54, 1.807) is 19.9 Å². The van der Waals surface area contributed by atoms with Crippen molar-refractivity contribution < 1.29 is 14.7 Å². The Hall–Kier alpha value is -1.30. The molecule has 0 spiro atoms. The lowest BCUT2D eigenvalue weighted by molar-refractivity contribution is -0.144. The number of aromatic nitrogens is 1. The van der Waals surface area contributed by atoms with Gasteiger partial charge in [0.25, 0.3) is 5.91 Å². The van der Waals surface area contributed by atoms with Crippen LogP contribution in [0.1, 0.15) is 57.1 Å². The fraction of sp³-hybridized carbons (Fsp3) is 0.571. The van der Waals surface area contributed by atoms with Gasteiger partial charge in [-0.2, -0.15) is 0 Å². The lowest BCUT2D eigenvalue weighted by Gasteiger charge is -2.28. The predicted molar refractivity (Wildman–Crippen MR) is 80.9 cm³/mol. The summed E-state index contributed by atoms with van der Waals surface area (Å²) in [7, 11) is 0. The van der Waals surface area contributed by atoms with Crippen molar-refractivity contribution in [2.75, 3.05) is 0 Å². The van der Waals surface area contributed by atoms with E-state index in [9.17, 15) is 14.7 Å². The van der Waals surface area contributed by atoms with Crippen molar-refractivity contribution in [2.24, 2.45) is 0 Å². The first-order valence-electron chi connectivity index (χ1n) is 6.70. The van der Waals surface area contributed by atoms with Crippen molar-refractivity contribution in [3.8, 4) is 0 Å². The van der Waals surface area contributed by atoms with E-state index in [0.717, 1.165) is 4.47 Å². The molecule has 0 aliphatic rings. The van der Waals surface area contributed by atoms with Crippen LogP contribution in [0.15, 0.2) is 16.7 Å². The van der Waals surface area contributed by atoms with E-state index in [4.69, 9.17) is 0 Å². The van der Waals surface area contributed by atoms with Gasteiger partial charge in [0.2, 0.25) is 0 Å². The molecule has 0 saturated heterocycles. The van der Waals surface area contributed by atoms with Gasteiger partial charge in [-0.25, -0.2) is 4.79 Å². The van der Waals surface area contributed by atoms with Crippen LogP contribution in [0.3, 0.4) is 0 Å². The second-order valence-electron chi connectivity index (χ2n) is 5.09. The van der Waals surface area contributed by atoms with Crippen LogP contribution in [-0.2, 0) is 4.79 Å². The second kappa shape index (κ2) is 6.43. The molecule has 0 bridgehead atoms. The maximum atomic E-state index is 12.4. The van der Waals surface area contributed by atoms with Crippen LogP contribution in [0.5, 0.6) is 0 Å². The summed E-state index contributed by atoms with van der Waals surface area (Å²) in [5.74, 6) is -1.37. The first kappa shape index (κ1) is 16.8. The van der Waals surface area contributed by atoms with Gasteiger partial charge in [-0.1, -0.05) is 13.8 Å². The van der Waals surface area contributed by atoms with Gasteiger partial charge in [0.15, 0.2) is 0 Å². The van der Waals surface area contributed by atoms with Crippen LogP contribution in [0.2, 0.25) is 0 Å². The van der Waals surface area contributed by atoms with Crippen molar-refractivity contribution in [1.82, 2.24) is 9.88 Å².